The highest BCUT2D eigenvalue weighted by molar-refractivity contribution is 6.30. The van der Waals surface area contributed by atoms with Gasteiger partial charge in [0.25, 0.3) is 5.91 Å². The van der Waals surface area contributed by atoms with Gasteiger partial charge in [0.2, 0.25) is 0 Å². The quantitative estimate of drug-likeness (QED) is 0.784. The predicted molar refractivity (Wildman–Crippen MR) is 98.7 cm³/mol. The van der Waals surface area contributed by atoms with E-state index in [-0.39, 0.29) is 46.6 Å². The highest BCUT2D eigenvalue weighted by Gasteiger charge is 2.73. The molecule has 8 heteroatoms. The number of benzene rings is 1. The number of cyclic esters (lactones) is 1. The molecule has 150 valence electrons. The standard InChI is InChI=1S/C20H22ClFN2O4/c21-14-5-4-13(6-15(14)22)27-8-17(25)23-19-9-20(10-19,11-19)24-7-16(28-18(24)26)12-2-1-3-12/h4-6,12,16H,1-3,7-11H2,(H,23,25)/t16-,19?,20?/m0/s1. The Bertz CT molecular complexity index is 824. The zero-order valence-electron chi connectivity index (χ0n) is 15.4. The minimum atomic E-state index is -0.585. The Morgan fingerprint density at radius 3 is 2.75 bits per heavy atom. The summed E-state index contributed by atoms with van der Waals surface area (Å²) in [4.78, 5) is 26.4. The highest BCUT2D eigenvalue weighted by atomic mass is 35.5. The van der Waals surface area contributed by atoms with E-state index in [9.17, 15) is 14.0 Å². The molecule has 0 aromatic heterocycles. The van der Waals surface area contributed by atoms with E-state index >= 15 is 0 Å². The smallest absolute Gasteiger partial charge is 0.410 e. The number of carbonyl (C=O) groups excluding carboxylic acids is 2. The van der Waals surface area contributed by atoms with Crippen LogP contribution in [-0.2, 0) is 9.53 Å². The van der Waals surface area contributed by atoms with E-state index in [0.29, 0.717) is 12.5 Å². The molecule has 4 aliphatic carbocycles. The van der Waals surface area contributed by atoms with Crippen LogP contribution in [0.3, 0.4) is 0 Å². The lowest BCUT2D eigenvalue weighted by molar-refractivity contribution is -0.167. The highest BCUT2D eigenvalue weighted by Crippen LogP contribution is 2.64. The molecule has 1 atom stereocenters. The van der Waals surface area contributed by atoms with Crippen molar-refractivity contribution in [2.75, 3.05) is 13.2 Å². The molecule has 6 nitrogen and oxygen atoms in total. The zero-order chi connectivity index (χ0) is 19.5. The SMILES string of the molecule is O=C(COc1ccc(Cl)c(F)c1)NC12CC(N3C[C@@H](C4CCC4)OC3=O)(C1)C2. The minimum Gasteiger partial charge on any atom is -0.484 e. The molecule has 28 heavy (non-hydrogen) atoms. The van der Waals surface area contributed by atoms with Crippen molar-refractivity contribution in [3.05, 3.63) is 29.0 Å². The summed E-state index contributed by atoms with van der Waals surface area (Å²) in [5.41, 5.74) is -0.399. The third-order valence-corrected chi connectivity index (χ3v) is 7.06. The molecule has 6 rings (SSSR count). The van der Waals surface area contributed by atoms with Crippen LogP contribution in [-0.4, -0.2) is 47.2 Å². The summed E-state index contributed by atoms with van der Waals surface area (Å²) in [6.45, 7) is 0.490. The van der Waals surface area contributed by atoms with Gasteiger partial charge >= 0.3 is 6.09 Å². The number of nitrogens with zero attached hydrogens (tertiary/aromatic N) is 1. The van der Waals surface area contributed by atoms with Gasteiger partial charge < -0.3 is 14.8 Å². The summed E-state index contributed by atoms with van der Waals surface area (Å²) in [6.07, 6.45) is 5.63. The Hall–Kier alpha value is -2.02. The number of amides is 2. The maximum Gasteiger partial charge on any atom is 0.410 e. The molecule has 1 N–H and O–H groups in total. The van der Waals surface area contributed by atoms with Gasteiger partial charge in [-0.15, -0.1) is 0 Å². The molecule has 0 spiro atoms. The summed E-state index contributed by atoms with van der Waals surface area (Å²) in [6, 6.07) is 4.07. The Morgan fingerprint density at radius 1 is 1.36 bits per heavy atom. The van der Waals surface area contributed by atoms with Gasteiger partial charge in [-0.1, -0.05) is 18.0 Å². The Labute approximate surface area is 167 Å². The van der Waals surface area contributed by atoms with E-state index in [1.807, 2.05) is 4.90 Å². The van der Waals surface area contributed by atoms with Crippen LogP contribution >= 0.6 is 11.6 Å². The molecule has 1 saturated heterocycles. The number of rotatable bonds is 6. The van der Waals surface area contributed by atoms with Crippen molar-refractivity contribution in [1.82, 2.24) is 10.2 Å². The van der Waals surface area contributed by atoms with Crippen LogP contribution in [0.15, 0.2) is 18.2 Å². The molecule has 5 fully saturated rings. The fourth-order valence-corrected chi connectivity index (χ4v) is 5.25. The molecule has 1 aromatic carbocycles. The van der Waals surface area contributed by atoms with Gasteiger partial charge in [-0.25, -0.2) is 9.18 Å². The maximum atomic E-state index is 13.4. The first-order valence-corrected chi connectivity index (χ1v) is 10.1. The van der Waals surface area contributed by atoms with E-state index in [1.165, 1.54) is 18.6 Å². The van der Waals surface area contributed by atoms with Crippen LogP contribution in [0.4, 0.5) is 9.18 Å². The van der Waals surface area contributed by atoms with Gasteiger partial charge in [0.05, 0.1) is 17.1 Å². The first-order chi connectivity index (χ1) is 13.4. The van der Waals surface area contributed by atoms with Crippen molar-refractivity contribution in [1.29, 1.82) is 0 Å². The van der Waals surface area contributed by atoms with Crippen LogP contribution in [0.5, 0.6) is 5.75 Å². The number of halogens is 2. The van der Waals surface area contributed by atoms with Crippen molar-refractivity contribution in [3.63, 3.8) is 0 Å². The van der Waals surface area contributed by atoms with E-state index in [4.69, 9.17) is 21.1 Å². The van der Waals surface area contributed by atoms with Gasteiger partial charge in [-0.3, -0.25) is 9.69 Å². The number of ether oxygens (including phenoxy) is 2. The molecule has 1 aromatic rings. The van der Waals surface area contributed by atoms with Crippen molar-refractivity contribution in [2.24, 2.45) is 5.92 Å². The Balaban J connectivity index is 1.11. The van der Waals surface area contributed by atoms with Crippen LogP contribution in [0.25, 0.3) is 0 Å². The lowest BCUT2D eigenvalue weighted by atomic mass is 9.43. The lowest BCUT2D eigenvalue weighted by Crippen LogP contribution is -2.84. The minimum absolute atomic E-state index is 0.0101. The first kappa shape index (κ1) is 18.0. The van der Waals surface area contributed by atoms with Crippen molar-refractivity contribution >= 4 is 23.6 Å². The summed E-state index contributed by atoms with van der Waals surface area (Å²) >= 11 is 5.63. The molecule has 0 unspecified atom stereocenters. The summed E-state index contributed by atoms with van der Waals surface area (Å²) in [7, 11) is 0. The molecule has 1 heterocycles. The van der Waals surface area contributed by atoms with Gasteiger partial charge in [0, 0.05) is 11.6 Å². The average Bonchev–Trinajstić information content (AvgIpc) is 2.90. The third-order valence-electron chi connectivity index (χ3n) is 6.75. The van der Waals surface area contributed by atoms with Crippen LogP contribution in [0.2, 0.25) is 5.02 Å². The van der Waals surface area contributed by atoms with Crippen molar-refractivity contribution in [2.45, 2.75) is 55.7 Å². The summed E-state index contributed by atoms with van der Waals surface area (Å²) in [5.74, 6) is -0.0589. The normalized spacial score (nSPS) is 33.4. The first-order valence-electron chi connectivity index (χ1n) is 9.75. The maximum absolute atomic E-state index is 13.4. The largest absolute Gasteiger partial charge is 0.484 e. The second-order valence-corrected chi connectivity index (χ2v) is 9.08. The lowest BCUT2D eigenvalue weighted by Gasteiger charge is -2.72. The van der Waals surface area contributed by atoms with Gasteiger partial charge in [0.15, 0.2) is 6.61 Å². The van der Waals surface area contributed by atoms with Gasteiger partial charge in [0.1, 0.15) is 17.7 Å². The topological polar surface area (TPSA) is 67.9 Å². The van der Waals surface area contributed by atoms with Gasteiger partial charge in [-0.05, 0) is 50.2 Å². The van der Waals surface area contributed by atoms with Crippen LogP contribution in [0, 0.1) is 11.7 Å². The Kier molecular flexibility index (Phi) is 4.02. The molecular weight excluding hydrogens is 387 g/mol. The number of nitrogens with one attached hydrogen (secondary N) is 1. The molecular formula is C20H22ClFN2O4. The van der Waals surface area contributed by atoms with Gasteiger partial charge in [-0.2, -0.15) is 0 Å². The Morgan fingerprint density at radius 2 is 2.11 bits per heavy atom. The predicted octanol–water partition coefficient (Wildman–Crippen LogP) is 3.27. The summed E-state index contributed by atoms with van der Waals surface area (Å²) in [5, 5.41) is 3.02. The molecule has 2 amide bonds. The molecule has 2 bridgehead atoms. The monoisotopic (exact) mass is 408 g/mol. The van der Waals surface area contributed by atoms with E-state index in [2.05, 4.69) is 5.32 Å². The summed E-state index contributed by atoms with van der Waals surface area (Å²) < 4.78 is 24.3. The number of hydrogen-bond acceptors (Lipinski definition) is 4. The zero-order valence-corrected chi connectivity index (χ0v) is 16.1. The van der Waals surface area contributed by atoms with Crippen LogP contribution in [0.1, 0.15) is 38.5 Å². The van der Waals surface area contributed by atoms with E-state index in [1.54, 1.807) is 0 Å². The third kappa shape index (κ3) is 2.82. The van der Waals surface area contributed by atoms with E-state index < -0.39 is 5.82 Å². The number of carbonyl (C=O) groups is 2. The van der Waals surface area contributed by atoms with E-state index in [0.717, 1.165) is 38.2 Å². The second kappa shape index (κ2) is 6.24. The fourth-order valence-electron chi connectivity index (χ4n) is 5.13. The average molecular weight is 409 g/mol. The molecule has 4 saturated carbocycles. The fraction of sp³-hybridized carbons (Fsp3) is 0.600. The molecule has 1 aliphatic heterocycles. The molecule has 0 radical (unpaired) electrons. The van der Waals surface area contributed by atoms with Crippen molar-refractivity contribution in [3.8, 4) is 5.75 Å². The molecule has 5 aliphatic rings. The van der Waals surface area contributed by atoms with Crippen LogP contribution < -0.4 is 10.1 Å². The van der Waals surface area contributed by atoms with Crippen molar-refractivity contribution < 1.29 is 23.5 Å². The second-order valence-electron chi connectivity index (χ2n) is 8.67. The number of hydrogen-bond donors (Lipinski definition) is 1.